The predicted octanol–water partition coefficient (Wildman–Crippen LogP) is 6.19. The minimum atomic E-state index is -3.95. The Balaban J connectivity index is 1.44. The molecule has 174 valence electrons. The molecule has 35 heavy (non-hydrogen) atoms. The zero-order valence-electron chi connectivity index (χ0n) is 18.6. The first kappa shape index (κ1) is 22.4. The predicted molar refractivity (Wildman–Crippen MR) is 136 cm³/mol. The van der Waals surface area contributed by atoms with Gasteiger partial charge >= 0.3 is 5.97 Å². The number of esters is 1. The summed E-state index contributed by atoms with van der Waals surface area (Å²) in [6.45, 7) is 3.76. The highest BCUT2D eigenvalue weighted by atomic mass is 32.2. The molecule has 0 bridgehead atoms. The number of ether oxygens (including phenoxy) is 1. The van der Waals surface area contributed by atoms with Gasteiger partial charge in [-0.2, -0.15) is 0 Å². The number of furan rings is 1. The van der Waals surface area contributed by atoms with Crippen LogP contribution in [0.5, 0.6) is 5.75 Å². The Morgan fingerprint density at radius 2 is 1.60 bits per heavy atom. The van der Waals surface area contributed by atoms with Crippen molar-refractivity contribution in [2.45, 2.75) is 4.90 Å². The quantitative estimate of drug-likeness (QED) is 0.157. The summed E-state index contributed by atoms with van der Waals surface area (Å²) in [5.74, 6) is -0.330. The van der Waals surface area contributed by atoms with Crippen LogP contribution in [-0.2, 0) is 10.0 Å². The standard InChI is InChI=1S/C28H21NO5S/c1-2-17-29(21-10-4-3-5-11-21)35(31,32)23-12-8-9-20(18-23)28(30)33-22-15-16-27-25(19-22)24-13-6-7-14-26(24)34-27/h2-16,18-19H,1,17H2. The van der Waals surface area contributed by atoms with Gasteiger partial charge < -0.3 is 9.15 Å². The Hall–Kier alpha value is -4.36. The smallest absolute Gasteiger partial charge is 0.343 e. The van der Waals surface area contributed by atoms with Crippen molar-refractivity contribution < 1.29 is 22.4 Å². The molecule has 0 spiro atoms. The average molecular weight is 484 g/mol. The van der Waals surface area contributed by atoms with Gasteiger partial charge in [0.05, 0.1) is 22.7 Å². The normalized spacial score (nSPS) is 11.4. The van der Waals surface area contributed by atoms with E-state index in [4.69, 9.17) is 9.15 Å². The molecule has 6 nitrogen and oxygen atoms in total. The Bertz CT molecular complexity index is 1660. The number of hydrogen-bond acceptors (Lipinski definition) is 5. The molecule has 0 amide bonds. The van der Waals surface area contributed by atoms with Gasteiger partial charge in [-0.1, -0.05) is 48.5 Å². The van der Waals surface area contributed by atoms with Gasteiger partial charge in [0.1, 0.15) is 16.9 Å². The lowest BCUT2D eigenvalue weighted by Gasteiger charge is -2.23. The molecular formula is C28H21NO5S. The molecule has 0 aliphatic carbocycles. The third-order valence-corrected chi connectivity index (χ3v) is 7.35. The largest absolute Gasteiger partial charge is 0.456 e. The zero-order chi connectivity index (χ0) is 24.4. The molecule has 0 fully saturated rings. The van der Waals surface area contributed by atoms with Crippen molar-refractivity contribution in [3.63, 3.8) is 0 Å². The Kier molecular flexibility index (Phi) is 5.84. The molecule has 0 saturated heterocycles. The van der Waals surface area contributed by atoms with Crippen LogP contribution < -0.4 is 9.04 Å². The van der Waals surface area contributed by atoms with Crippen LogP contribution in [0.2, 0.25) is 0 Å². The molecule has 0 radical (unpaired) electrons. The number of fused-ring (bicyclic) bond motifs is 3. The lowest BCUT2D eigenvalue weighted by Crippen LogP contribution is -2.31. The highest BCUT2D eigenvalue weighted by Gasteiger charge is 2.25. The Morgan fingerprint density at radius 1 is 0.857 bits per heavy atom. The number of hydrogen-bond donors (Lipinski definition) is 0. The molecule has 5 aromatic rings. The van der Waals surface area contributed by atoms with E-state index in [1.54, 1.807) is 42.5 Å². The van der Waals surface area contributed by atoms with Crippen LogP contribution in [-0.4, -0.2) is 20.9 Å². The van der Waals surface area contributed by atoms with E-state index < -0.39 is 16.0 Å². The maximum Gasteiger partial charge on any atom is 0.343 e. The lowest BCUT2D eigenvalue weighted by atomic mass is 10.1. The molecule has 4 aromatic carbocycles. The molecule has 0 aliphatic heterocycles. The maximum atomic E-state index is 13.4. The van der Waals surface area contributed by atoms with Crippen LogP contribution in [0.4, 0.5) is 5.69 Å². The van der Waals surface area contributed by atoms with Crippen LogP contribution in [0.3, 0.4) is 0 Å². The van der Waals surface area contributed by atoms with Gasteiger partial charge in [0.2, 0.25) is 0 Å². The molecule has 0 atom stereocenters. The van der Waals surface area contributed by atoms with Gasteiger partial charge in [-0.05, 0) is 54.6 Å². The molecule has 1 heterocycles. The molecule has 5 rings (SSSR count). The van der Waals surface area contributed by atoms with Crippen molar-refractivity contribution in [1.82, 2.24) is 0 Å². The second-order valence-electron chi connectivity index (χ2n) is 7.83. The number of benzene rings is 4. The summed E-state index contributed by atoms with van der Waals surface area (Å²) in [5, 5.41) is 1.74. The molecule has 0 aliphatic rings. The first-order valence-corrected chi connectivity index (χ1v) is 12.3. The summed E-state index contributed by atoms with van der Waals surface area (Å²) in [6, 6.07) is 27.3. The van der Waals surface area contributed by atoms with Crippen LogP contribution in [0.15, 0.2) is 119 Å². The van der Waals surface area contributed by atoms with E-state index in [1.165, 1.54) is 34.6 Å². The number of anilines is 1. The average Bonchev–Trinajstić information content (AvgIpc) is 3.26. The number of para-hydroxylation sites is 2. The third-order valence-electron chi connectivity index (χ3n) is 5.56. The molecule has 7 heteroatoms. The fourth-order valence-electron chi connectivity index (χ4n) is 3.90. The first-order valence-electron chi connectivity index (χ1n) is 10.9. The fourth-order valence-corrected chi connectivity index (χ4v) is 5.38. The molecule has 1 aromatic heterocycles. The summed E-state index contributed by atoms with van der Waals surface area (Å²) < 4.78 is 39.5. The highest BCUT2D eigenvalue weighted by molar-refractivity contribution is 7.92. The summed E-state index contributed by atoms with van der Waals surface area (Å²) in [7, 11) is -3.95. The van der Waals surface area contributed by atoms with Crippen molar-refractivity contribution in [3.8, 4) is 5.75 Å². The number of carbonyl (C=O) groups excluding carboxylic acids is 1. The van der Waals surface area contributed by atoms with Crippen LogP contribution in [0.1, 0.15) is 10.4 Å². The Morgan fingerprint density at radius 3 is 2.40 bits per heavy atom. The van der Waals surface area contributed by atoms with Gasteiger partial charge in [0, 0.05) is 10.8 Å². The van der Waals surface area contributed by atoms with Crippen molar-refractivity contribution in [3.05, 3.63) is 115 Å². The van der Waals surface area contributed by atoms with Gasteiger partial charge in [0.15, 0.2) is 0 Å². The van der Waals surface area contributed by atoms with Gasteiger partial charge in [-0.15, -0.1) is 6.58 Å². The topological polar surface area (TPSA) is 76.8 Å². The van der Waals surface area contributed by atoms with E-state index in [2.05, 4.69) is 6.58 Å². The second-order valence-corrected chi connectivity index (χ2v) is 9.70. The highest BCUT2D eigenvalue weighted by Crippen LogP contribution is 2.31. The summed E-state index contributed by atoms with van der Waals surface area (Å²) in [6.07, 6.45) is 1.51. The zero-order valence-corrected chi connectivity index (χ0v) is 19.4. The van der Waals surface area contributed by atoms with E-state index in [0.717, 1.165) is 16.4 Å². The monoisotopic (exact) mass is 483 g/mol. The van der Waals surface area contributed by atoms with Crippen molar-refractivity contribution in [2.75, 3.05) is 10.8 Å². The van der Waals surface area contributed by atoms with Crippen molar-refractivity contribution >= 4 is 43.6 Å². The molecule has 0 unspecified atom stereocenters. The van der Waals surface area contributed by atoms with Gasteiger partial charge in [-0.3, -0.25) is 4.31 Å². The number of sulfonamides is 1. The summed E-state index contributed by atoms with van der Waals surface area (Å²) >= 11 is 0. The maximum absolute atomic E-state index is 13.4. The Labute approximate surface area is 202 Å². The van der Waals surface area contributed by atoms with Crippen molar-refractivity contribution in [2.24, 2.45) is 0 Å². The second kappa shape index (κ2) is 9.12. The molecule has 0 N–H and O–H groups in total. The van der Waals surface area contributed by atoms with E-state index in [1.807, 2.05) is 30.3 Å². The van der Waals surface area contributed by atoms with Crippen LogP contribution in [0, 0.1) is 0 Å². The third kappa shape index (κ3) is 4.29. The lowest BCUT2D eigenvalue weighted by molar-refractivity contribution is 0.0734. The summed E-state index contributed by atoms with van der Waals surface area (Å²) in [4.78, 5) is 12.9. The number of carbonyl (C=O) groups is 1. The SMILES string of the molecule is C=CCN(c1ccccc1)S(=O)(=O)c1cccc(C(=O)Oc2ccc3oc4ccccc4c3c2)c1. The van der Waals surface area contributed by atoms with E-state index >= 15 is 0 Å². The first-order chi connectivity index (χ1) is 17.0. The van der Waals surface area contributed by atoms with Crippen molar-refractivity contribution in [1.29, 1.82) is 0 Å². The fraction of sp³-hybridized carbons (Fsp3) is 0.0357. The molecular weight excluding hydrogens is 462 g/mol. The van der Waals surface area contributed by atoms with Crippen LogP contribution >= 0.6 is 0 Å². The van der Waals surface area contributed by atoms with Gasteiger partial charge in [-0.25, -0.2) is 13.2 Å². The van der Waals surface area contributed by atoms with Crippen LogP contribution in [0.25, 0.3) is 21.9 Å². The summed E-state index contributed by atoms with van der Waals surface area (Å²) in [5.41, 5.74) is 2.05. The molecule has 0 saturated carbocycles. The number of nitrogens with zero attached hydrogens (tertiary/aromatic N) is 1. The number of rotatable bonds is 7. The minimum Gasteiger partial charge on any atom is -0.456 e. The van der Waals surface area contributed by atoms with E-state index in [0.29, 0.717) is 17.0 Å². The van der Waals surface area contributed by atoms with E-state index in [9.17, 15) is 13.2 Å². The van der Waals surface area contributed by atoms with Gasteiger partial charge in [0.25, 0.3) is 10.0 Å². The minimum absolute atomic E-state index is 0.0195. The van der Waals surface area contributed by atoms with E-state index in [-0.39, 0.29) is 17.0 Å².